The Balaban J connectivity index is 2.00. The smallest absolute Gasteiger partial charge is 0.369 e. The Morgan fingerprint density at radius 1 is 1.35 bits per heavy atom. The third-order valence-electron chi connectivity index (χ3n) is 4.52. The van der Waals surface area contributed by atoms with Crippen LogP contribution in [0.2, 0.25) is 0 Å². The van der Waals surface area contributed by atoms with Crippen molar-refractivity contribution >= 4 is 22.5 Å². The number of anilines is 1. The van der Waals surface area contributed by atoms with Crippen molar-refractivity contribution in [3.63, 3.8) is 0 Å². The Kier molecular flexibility index (Phi) is 4.77. The summed E-state index contributed by atoms with van der Waals surface area (Å²) in [6.45, 7) is 3.19. The first kappa shape index (κ1) is 18.1. The van der Waals surface area contributed by atoms with Gasteiger partial charge in [0.2, 0.25) is 0 Å². The summed E-state index contributed by atoms with van der Waals surface area (Å²) in [5.41, 5.74) is -0.147. The summed E-state index contributed by atoms with van der Waals surface area (Å²) in [5, 5.41) is 3.21. The van der Waals surface area contributed by atoms with Crippen molar-refractivity contribution in [2.75, 3.05) is 18.0 Å². The van der Waals surface area contributed by atoms with Gasteiger partial charge in [-0.3, -0.25) is 9.78 Å². The number of piperidine rings is 1. The topological polar surface area (TPSA) is 45.2 Å². The SMILES string of the molecule is C#CC(=O)N[C@@H]1C[C@H](C)CN(c2ccc(C(F)(F)F)c3ncccc23)C1. The molecule has 1 aliphatic heterocycles. The van der Waals surface area contributed by atoms with Gasteiger partial charge >= 0.3 is 6.18 Å². The molecule has 3 rings (SSSR count). The monoisotopic (exact) mass is 361 g/mol. The van der Waals surface area contributed by atoms with Gasteiger partial charge in [-0.05, 0) is 42.5 Å². The number of amides is 1. The van der Waals surface area contributed by atoms with E-state index in [4.69, 9.17) is 6.42 Å². The number of benzene rings is 1. The summed E-state index contributed by atoms with van der Waals surface area (Å²) < 4.78 is 39.8. The van der Waals surface area contributed by atoms with E-state index < -0.39 is 17.6 Å². The number of rotatable bonds is 2. The minimum absolute atomic E-state index is 0.0695. The van der Waals surface area contributed by atoms with E-state index >= 15 is 0 Å². The molecule has 1 saturated heterocycles. The maximum Gasteiger partial charge on any atom is 0.418 e. The molecule has 0 aliphatic carbocycles. The van der Waals surface area contributed by atoms with E-state index in [-0.39, 0.29) is 17.5 Å². The van der Waals surface area contributed by atoms with Gasteiger partial charge in [-0.1, -0.05) is 6.92 Å². The second kappa shape index (κ2) is 6.87. The molecular weight excluding hydrogens is 343 g/mol. The predicted octanol–water partition coefficient (Wildman–Crippen LogP) is 3.22. The highest BCUT2D eigenvalue weighted by molar-refractivity contribution is 5.95. The number of nitrogens with one attached hydrogen (secondary N) is 1. The van der Waals surface area contributed by atoms with Gasteiger partial charge in [0.15, 0.2) is 0 Å². The lowest BCUT2D eigenvalue weighted by Gasteiger charge is -2.38. The van der Waals surface area contributed by atoms with Crippen molar-refractivity contribution in [3.05, 3.63) is 36.0 Å². The van der Waals surface area contributed by atoms with Crippen LogP contribution in [0.1, 0.15) is 18.9 Å². The summed E-state index contributed by atoms with van der Waals surface area (Å²) in [4.78, 5) is 17.4. The molecular formula is C19H18F3N3O. The average Bonchev–Trinajstić information content (AvgIpc) is 2.59. The van der Waals surface area contributed by atoms with E-state index in [0.29, 0.717) is 24.2 Å². The average molecular weight is 361 g/mol. The van der Waals surface area contributed by atoms with E-state index in [1.807, 2.05) is 17.7 Å². The fourth-order valence-corrected chi connectivity index (χ4v) is 3.54. The van der Waals surface area contributed by atoms with E-state index in [2.05, 4.69) is 10.3 Å². The van der Waals surface area contributed by atoms with Crippen molar-refractivity contribution in [2.24, 2.45) is 5.92 Å². The number of hydrogen-bond acceptors (Lipinski definition) is 3. The van der Waals surface area contributed by atoms with Crippen LogP contribution >= 0.6 is 0 Å². The van der Waals surface area contributed by atoms with Crippen LogP contribution in [0.4, 0.5) is 18.9 Å². The number of pyridine rings is 1. The molecule has 26 heavy (non-hydrogen) atoms. The van der Waals surface area contributed by atoms with Crippen LogP contribution in [-0.2, 0) is 11.0 Å². The van der Waals surface area contributed by atoms with E-state index in [1.165, 1.54) is 12.3 Å². The quantitative estimate of drug-likeness (QED) is 0.836. The maximum absolute atomic E-state index is 13.3. The van der Waals surface area contributed by atoms with Gasteiger partial charge in [-0.2, -0.15) is 13.2 Å². The third-order valence-corrected chi connectivity index (χ3v) is 4.52. The van der Waals surface area contributed by atoms with Crippen LogP contribution < -0.4 is 10.2 Å². The van der Waals surface area contributed by atoms with E-state index in [1.54, 1.807) is 12.1 Å². The van der Waals surface area contributed by atoms with Crippen molar-refractivity contribution in [1.82, 2.24) is 10.3 Å². The lowest BCUT2D eigenvalue weighted by molar-refractivity contribution is -0.136. The molecule has 1 fully saturated rings. The highest BCUT2D eigenvalue weighted by Gasteiger charge is 2.34. The van der Waals surface area contributed by atoms with Crippen LogP contribution in [-0.4, -0.2) is 30.0 Å². The molecule has 1 aromatic carbocycles. The Bertz CT molecular complexity index is 872. The standard InChI is InChI=1S/C19H18F3N3O/c1-3-17(26)24-13-9-12(2)10-25(11-13)16-7-6-15(19(20,21)22)18-14(16)5-4-8-23-18/h1,4-8,12-13H,9-11H2,2H3,(H,24,26)/t12-,13+/m0/s1. The minimum Gasteiger partial charge on any atom is -0.369 e. The highest BCUT2D eigenvalue weighted by atomic mass is 19.4. The van der Waals surface area contributed by atoms with Crippen LogP contribution in [0.15, 0.2) is 30.5 Å². The minimum atomic E-state index is -4.47. The molecule has 0 bridgehead atoms. The molecule has 0 radical (unpaired) electrons. The molecule has 2 heterocycles. The molecule has 0 saturated carbocycles. The lowest BCUT2D eigenvalue weighted by Crippen LogP contribution is -2.50. The molecule has 136 valence electrons. The summed E-state index contributed by atoms with van der Waals surface area (Å²) in [5.74, 6) is 1.80. The van der Waals surface area contributed by atoms with Crippen LogP contribution in [0.5, 0.6) is 0 Å². The molecule has 1 aromatic heterocycles. The van der Waals surface area contributed by atoms with Crippen molar-refractivity contribution in [2.45, 2.75) is 25.6 Å². The Morgan fingerprint density at radius 2 is 2.12 bits per heavy atom. The Morgan fingerprint density at radius 3 is 2.81 bits per heavy atom. The normalized spacial score (nSPS) is 20.7. The molecule has 0 unspecified atom stereocenters. The van der Waals surface area contributed by atoms with Gasteiger partial charge < -0.3 is 10.2 Å². The van der Waals surface area contributed by atoms with Gasteiger partial charge in [-0.25, -0.2) is 0 Å². The van der Waals surface area contributed by atoms with Crippen molar-refractivity contribution in [1.29, 1.82) is 0 Å². The van der Waals surface area contributed by atoms with Crippen molar-refractivity contribution in [3.8, 4) is 12.3 Å². The first-order valence-electron chi connectivity index (χ1n) is 8.26. The van der Waals surface area contributed by atoms with Crippen LogP contribution in [0.25, 0.3) is 10.9 Å². The zero-order chi connectivity index (χ0) is 18.9. The molecule has 0 spiro atoms. The molecule has 7 heteroatoms. The summed E-state index contributed by atoms with van der Waals surface area (Å²) in [6.07, 6.45) is 2.76. The Labute approximate surface area is 149 Å². The van der Waals surface area contributed by atoms with Gasteiger partial charge in [0.25, 0.3) is 5.91 Å². The number of alkyl halides is 3. The number of carbonyl (C=O) groups is 1. The van der Waals surface area contributed by atoms with Gasteiger partial charge in [0.1, 0.15) is 0 Å². The summed E-state index contributed by atoms with van der Waals surface area (Å²) in [7, 11) is 0. The van der Waals surface area contributed by atoms with Crippen LogP contribution in [0.3, 0.4) is 0 Å². The van der Waals surface area contributed by atoms with Gasteiger partial charge in [0, 0.05) is 36.4 Å². The van der Waals surface area contributed by atoms with Crippen LogP contribution in [0, 0.1) is 18.3 Å². The number of terminal acetylenes is 1. The highest BCUT2D eigenvalue weighted by Crippen LogP contribution is 2.38. The first-order valence-corrected chi connectivity index (χ1v) is 8.26. The fourth-order valence-electron chi connectivity index (χ4n) is 3.54. The Hall–Kier alpha value is -2.75. The largest absolute Gasteiger partial charge is 0.418 e. The van der Waals surface area contributed by atoms with Crippen molar-refractivity contribution < 1.29 is 18.0 Å². The maximum atomic E-state index is 13.3. The number of carbonyl (C=O) groups excluding carboxylic acids is 1. The predicted molar refractivity (Wildman–Crippen MR) is 93.5 cm³/mol. The first-order chi connectivity index (χ1) is 12.3. The molecule has 2 atom stereocenters. The number of halogens is 3. The molecule has 4 nitrogen and oxygen atoms in total. The zero-order valence-corrected chi connectivity index (χ0v) is 14.2. The molecule has 1 N–H and O–H groups in total. The molecule has 2 aromatic rings. The van der Waals surface area contributed by atoms with E-state index in [9.17, 15) is 18.0 Å². The summed E-state index contributed by atoms with van der Waals surface area (Å²) in [6, 6.07) is 5.65. The molecule has 1 aliphatic rings. The zero-order valence-electron chi connectivity index (χ0n) is 14.2. The number of hydrogen-bond donors (Lipinski definition) is 1. The number of aromatic nitrogens is 1. The summed E-state index contributed by atoms with van der Waals surface area (Å²) >= 11 is 0. The number of fused-ring (bicyclic) bond motifs is 1. The fraction of sp³-hybridized carbons (Fsp3) is 0.368. The van der Waals surface area contributed by atoms with E-state index in [0.717, 1.165) is 12.5 Å². The lowest BCUT2D eigenvalue weighted by atomic mass is 9.94. The molecule has 1 amide bonds. The van der Waals surface area contributed by atoms with Gasteiger partial charge in [-0.15, -0.1) is 6.42 Å². The second-order valence-electron chi connectivity index (χ2n) is 6.59. The number of nitrogens with zero attached hydrogens (tertiary/aromatic N) is 2. The third kappa shape index (κ3) is 3.59. The van der Waals surface area contributed by atoms with Gasteiger partial charge in [0.05, 0.1) is 11.1 Å². The second-order valence-corrected chi connectivity index (χ2v) is 6.59.